The number of fused-ring (bicyclic) bond motifs is 1. The van der Waals surface area contributed by atoms with Crippen molar-refractivity contribution in [3.8, 4) is 0 Å². The molecule has 3 rings (SSSR count). The summed E-state index contributed by atoms with van der Waals surface area (Å²) >= 11 is 0. The number of nitrogens with zero attached hydrogens (tertiary/aromatic N) is 1. The summed E-state index contributed by atoms with van der Waals surface area (Å²) in [4.78, 5) is 13.3. The molecular weight excluding hydrogens is 358 g/mol. The van der Waals surface area contributed by atoms with E-state index in [1.54, 1.807) is 6.92 Å². The second-order valence-electron chi connectivity index (χ2n) is 7.77. The Balaban J connectivity index is 2.00. The van der Waals surface area contributed by atoms with Crippen LogP contribution in [0, 0.1) is 0 Å². The highest BCUT2D eigenvalue weighted by molar-refractivity contribution is 5.83. The molecule has 0 radical (unpaired) electrons. The van der Waals surface area contributed by atoms with Crippen LogP contribution in [-0.4, -0.2) is 23.7 Å². The number of carbonyl (C=O) groups is 1. The van der Waals surface area contributed by atoms with Gasteiger partial charge in [-0.05, 0) is 73.6 Å². The van der Waals surface area contributed by atoms with Gasteiger partial charge in [0.1, 0.15) is 0 Å². The Kier molecular flexibility index (Phi) is 6.71. The molecule has 3 heteroatoms. The molecule has 2 aromatic carbocycles. The molecule has 0 bridgehead atoms. The maximum Gasteiger partial charge on any atom is 0.328 e. The first-order valence-corrected chi connectivity index (χ1v) is 10.2. The molecular formula is C26H29NO2. The van der Waals surface area contributed by atoms with Gasteiger partial charge in [-0.2, -0.15) is 0 Å². The minimum absolute atomic E-state index is 0.496. The lowest BCUT2D eigenvalue weighted by Gasteiger charge is -2.35. The second-order valence-corrected chi connectivity index (χ2v) is 7.77. The third-order valence-electron chi connectivity index (χ3n) is 5.23. The molecule has 0 amide bonds. The first-order valence-electron chi connectivity index (χ1n) is 10.2. The zero-order chi connectivity index (χ0) is 20.8. The van der Waals surface area contributed by atoms with Crippen LogP contribution in [0.25, 0.3) is 5.57 Å². The molecule has 0 aromatic heterocycles. The van der Waals surface area contributed by atoms with Crippen LogP contribution in [0.5, 0.6) is 0 Å². The Hall–Kier alpha value is -3.07. The Morgan fingerprint density at radius 2 is 1.86 bits per heavy atom. The van der Waals surface area contributed by atoms with E-state index in [1.165, 1.54) is 29.3 Å². The third-order valence-corrected chi connectivity index (χ3v) is 5.23. The molecule has 3 nitrogen and oxygen atoms in total. The zero-order valence-electron chi connectivity index (χ0n) is 17.4. The maximum absolute atomic E-state index is 10.8. The first-order chi connectivity index (χ1) is 14.0. The Morgan fingerprint density at radius 3 is 2.55 bits per heavy atom. The van der Waals surface area contributed by atoms with E-state index in [2.05, 4.69) is 55.2 Å². The minimum atomic E-state index is -0.927. The average Bonchev–Trinajstić information content (AvgIpc) is 2.70. The largest absolute Gasteiger partial charge is 0.478 e. The van der Waals surface area contributed by atoms with Crippen molar-refractivity contribution < 1.29 is 9.90 Å². The van der Waals surface area contributed by atoms with E-state index in [-0.39, 0.29) is 0 Å². The minimum Gasteiger partial charge on any atom is -0.478 e. The molecule has 2 aromatic rings. The number of benzene rings is 2. The van der Waals surface area contributed by atoms with Gasteiger partial charge in [0.25, 0.3) is 0 Å². The fraction of sp³-hybridized carbons (Fsp3) is 0.269. The Morgan fingerprint density at radius 1 is 1.10 bits per heavy atom. The highest BCUT2D eigenvalue weighted by Gasteiger charge is 2.19. The number of aliphatic carboxylic acids is 1. The van der Waals surface area contributed by atoms with Crippen molar-refractivity contribution in [2.75, 3.05) is 11.4 Å². The smallest absolute Gasteiger partial charge is 0.328 e. The molecule has 1 aliphatic heterocycles. The molecule has 0 aliphatic carbocycles. The molecule has 0 atom stereocenters. The van der Waals surface area contributed by atoms with Crippen LogP contribution in [0.2, 0.25) is 0 Å². The average molecular weight is 388 g/mol. The molecule has 0 spiro atoms. The zero-order valence-corrected chi connectivity index (χ0v) is 17.4. The molecule has 0 fully saturated rings. The summed E-state index contributed by atoms with van der Waals surface area (Å²) < 4.78 is 0. The third kappa shape index (κ3) is 5.26. The Bertz CT molecular complexity index is 952. The molecule has 150 valence electrons. The number of hydrogen-bond acceptors (Lipinski definition) is 2. The van der Waals surface area contributed by atoms with Crippen LogP contribution in [0.4, 0.5) is 5.69 Å². The van der Waals surface area contributed by atoms with Crippen molar-refractivity contribution in [2.24, 2.45) is 0 Å². The van der Waals surface area contributed by atoms with E-state index < -0.39 is 5.97 Å². The van der Waals surface area contributed by atoms with E-state index in [4.69, 9.17) is 5.11 Å². The van der Waals surface area contributed by atoms with Gasteiger partial charge in [-0.1, -0.05) is 54.6 Å². The Labute approximate surface area is 173 Å². The molecule has 29 heavy (non-hydrogen) atoms. The van der Waals surface area contributed by atoms with Crippen molar-refractivity contribution in [1.29, 1.82) is 0 Å². The van der Waals surface area contributed by atoms with Gasteiger partial charge in [-0.15, -0.1) is 0 Å². The van der Waals surface area contributed by atoms with Crippen LogP contribution in [0.1, 0.15) is 43.9 Å². The highest BCUT2D eigenvalue weighted by Crippen LogP contribution is 2.33. The van der Waals surface area contributed by atoms with Crippen molar-refractivity contribution in [3.05, 3.63) is 95.1 Å². The van der Waals surface area contributed by atoms with Crippen molar-refractivity contribution in [3.63, 3.8) is 0 Å². The number of anilines is 1. The number of carboxylic acid groups (broad SMARTS) is 1. The lowest BCUT2D eigenvalue weighted by atomic mass is 9.92. The van der Waals surface area contributed by atoms with Crippen molar-refractivity contribution in [1.82, 2.24) is 0 Å². The summed E-state index contributed by atoms with van der Waals surface area (Å²) in [6, 6.07) is 17.6. The van der Waals surface area contributed by atoms with Gasteiger partial charge in [0.15, 0.2) is 0 Å². The SMILES string of the molecule is CC(/C=C/C=C(\c1ccccc1)c1ccc2c(c1)CCCN2C(C)C)=C\C(=O)O. The predicted molar refractivity (Wildman–Crippen MR) is 121 cm³/mol. The number of aryl methyl sites for hydroxylation is 1. The fourth-order valence-electron chi connectivity index (χ4n) is 3.85. The monoisotopic (exact) mass is 387 g/mol. The van der Waals surface area contributed by atoms with Crippen LogP contribution >= 0.6 is 0 Å². The normalized spacial score (nSPS) is 15.1. The topological polar surface area (TPSA) is 40.5 Å². The molecule has 1 aliphatic rings. The van der Waals surface area contributed by atoms with Gasteiger partial charge in [-0.25, -0.2) is 4.79 Å². The summed E-state index contributed by atoms with van der Waals surface area (Å²) in [7, 11) is 0. The quantitative estimate of drug-likeness (QED) is 0.498. The first kappa shape index (κ1) is 20.7. The van der Waals surface area contributed by atoms with Crippen molar-refractivity contribution >= 4 is 17.2 Å². The van der Waals surface area contributed by atoms with E-state index >= 15 is 0 Å². The van der Waals surface area contributed by atoms with E-state index in [9.17, 15) is 4.79 Å². The van der Waals surface area contributed by atoms with E-state index in [0.717, 1.165) is 24.1 Å². The molecule has 1 N–H and O–H groups in total. The summed E-state index contributed by atoms with van der Waals surface area (Å²) in [5, 5.41) is 8.89. The summed E-state index contributed by atoms with van der Waals surface area (Å²) in [6.07, 6.45) is 9.32. The molecule has 0 saturated carbocycles. The van der Waals surface area contributed by atoms with Crippen molar-refractivity contribution in [2.45, 2.75) is 39.7 Å². The molecule has 0 saturated heterocycles. The second kappa shape index (κ2) is 9.42. The van der Waals surface area contributed by atoms with Crippen LogP contribution in [0.15, 0.2) is 78.4 Å². The van der Waals surface area contributed by atoms with Crippen LogP contribution in [-0.2, 0) is 11.2 Å². The van der Waals surface area contributed by atoms with Gasteiger partial charge >= 0.3 is 5.97 Å². The van der Waals surface area contributed by atoms with E-state index in [0.29, 0.717) is 11.6 Å². The van der Waals surface area contributed by atoms with Gasteiger partial charge in [-0.3, -0.25) is 0 Å². The predicted octanol–water partition coefficient (Wildman–Crippen LogP) is 5.87. The lowest BCUT2D eigenvalue weighted by molar-refractivity contribution is -0.131. The number of carboxylic acids is 1. The van der Waals surface area contributed by atoms with Crippen LogP contribution < -0.4 is 4.90 Å². The maximum atomic E-state index is 10.8. The lowest BCUT2D eigenvalue weighted by Crippen LogP contribution is -2.35. The summed E-state index contributed by atoms with van der Waals surface area (Å²) in [6.45, 7) is 7.40. The van der Waals surface area contributed by atoms with Gasteiger partial charge in [0.2, 0.25) is 0 Å². The number of allylic oxidation sites excluding steroid dienone is 4. The van der Waals surface area contributed by atoms with Gasteiger partial charge in [0, 0.05) is 24.4 Å². The van der Waals surface area contributed by atoms with Crippen LogP contribution in [0.3, 0.4) is 0 Å². The molecule has 1 heterocycles. The summed E-state index contributed by atoms with van der Waals surface area (Å²) in [5.41, 5.74) is 6.92. The van der Waals surface area contributed by atoms with Gasteiger partial charge < -0.3 is 10.0 Å². The van der Waals surface area contributed by atoms with Gasteiger partial charge in [0.05, 0.1) is 0 Å². The summed E-state index contributed by atoms with van der Waals surface area (Å²) in [5.74, 6) is -0.927. The molecule has 0 unspecified atom stereocenters. The number of rotatable bonds is 6. The number of hydrogen-bond donors (Lipinski definition) is 1. The standard InChI is InChI=1S/C26H29NO2/c1-19(2)27-16-8-12-23-18-22(14-15-25(23)27)24(21-10-5-4-6-11-21)13-7-9-20(3)17-26(28)29/h4-7,9-11,13-15,17-19H,8,12,16H2,1-3H3,(H,28,29)/b9-7+,20-17+,24-13+. The van der Waals surface area contributed by atoms with E-state index in [1.807, 2.05) is 30.4 Å². The highest BCUT2D eigenvalue weighted by atomic mass is 16.4. The fourth-order valence-corrected chi connectivity index (χ4v) is 3.85.